The van der Waals surface area contributed by atoms with Crippen LogP contribution in [0, 0.1) is 18.3 Å². The number of carbonyl (C=O) groups is 1. The maximum absolute atomic E-state index is 13.4. The van der Waals surface area contributed by atoms with Gasteiger partial charge < -0.3 is 9.47 Å². The summed E-state index contributed by atoms with van der Waals surface area (Å²) in [5, 5.41) is 9.33. The summed E-state index contributed by atoms with van der Waals surface area (Å²) in [5.41, 5.74) is 3.37. The molecule has 1 aromatic heterocycles. The molecule has 0 aliphatic heterocycles. The number of amides is 1. The number of aromatic nitrogens is 1. The average Bonchev–Trinajstić information content (AvgIpc) is 3.26. The maximum atomic E-state index is 13.4. The third-order valence-corrected chi connectivity index (χ3v) is 5.97. The molecule has 0 saturated carbocycles. The average molecular weight is 456 g/mol. The molecule has 0 spiro atoms. The van der Waals surface area contributed by atoms with Crippen LogP contribution in [0.3, 0.4) is 0 Å². The molecule has 0 bridgehead atoms. The van der Waals surface area contributed by atoms with E-state index < -0.39 is 0 Å². The van der Waals surface area contributed by atoms with Crippen LogP contribution in [0.15, 0.2) is 72.8 Å². The van der Waals surface area contributed by atoms with Crippen LogP contribution in [0.5, 0.6) is 11.5 Å². The van der Waals surface area contributed by atoms with Gasteiger partial charge in [0.25, 0.3) is 5.91 Å². The Hall–Kier alpha value is -4.15. The van der Waals surface area contributed by atoms with E-state index in [0.717, 1.165) is 27.0 Å². The second-order valence-corrected chi connectivity index (χ2v) is 8.12. The fraction of sp³-hybridized carbons (Fsp3) is 0.115. The SMILES string of the molecule is COc1cc(/C=C/C(=O)N(c2nc3ccccc3s2)c2ccccc2C)ccc1OCC#N. The highest BCUT2D eigenvalue weighted by Gasteiger charge is 2.21. The molecule has 164 valence electrons. The van der Waals surface area contributed by atoms with Gasteiger partial charge in [0, 0.05) is 6.08 Å². The van der Waals surface area contributed by atoms with Gasteiger partial charge in [0.2, 0.25) is 0 Å². The predicted molar refractivity (Wildman–Crippen MR) is 131 cm³/mol. The molecule has 1 amide bonds. The Labute approximate surface area is 195 Å². The first kappa shape index (κ1) is 22.1. The van der Waals surface area contributed by atoms with Crippen molar-refractivity contribution in [1.82, 2.24) is 4.98 Å². The first-order valence-corrected chi connectivity index (χ1v) is 11.0. The van der Waals surface area contributed by atoms with Gasteiger partial charge in [-0.3, -0.25) is 9.69 Å². The lowest BCUT2D eigenvalue weighted by atomic mass is 10.1. The zero-order valence-corrected chi connectivity index (χ0v) is 19.0. The zero-order valence-electron chi connectivity index (χ0n) is 18.2. The van der Waals surface area contributed by atoms with Crippen LogP contribution in [0.25, 0.3) is 16.3 Å². The van der Waals surface area contributed by atoms with Crippen molar-refractivity contribution in [2.45, 2.75) is 6.92 Å². The minimum Gasteiger partial charge on any atom is -0.493 e. The Morgan fingerprint density at radius 2 is 1.91 bits per heavy atom. The van der Waals surface area contributed by atoms with Gasteiger partial charge in [-0.25, -0.2) is 4.98 Å². The topological polar surface area (TPSA) is 75.4 Å². The number of thiazole rings is 1. The summed E-state index contributed by atoms with van der Waals surface area (Å²) >= 11 is 1.47. The number of nitriles is 1. The Balaban J connectivity index is 1.68. The van der Waals surface area contributed by atoms with E-state index >= 15 is 0 Å². The molecule has 6 nitrogen and oxygen atoms in total. The second kappa shape index (κ2) is 9.98. The van der Waals surface area contributed by atoms with Gasteiger partial charge in [0.05, 0.1) is 23.0 Å². The highest BCUT2D eigenvalue weighted by atomic mass is 32.1. The van der Waals surface area contributed by atoms with Crippen LogP contribution in [0.2, 0.25) is 0 Å². The third kappa shape index (κ3) is 4.86. The van der Waals surface area contributed by atoms with Crippen molar-refractivity contribution in [3.8, 4) is 17.6 Å². The number of ether oxygens (including phenoxy) is 2. The van der Waals surface area contributed by atoms with Crippen LogP contribution in [-0.2, 0) is 4.79 Å². The van der Waals surface area contributed by atoms with Crippen molar-refractivity contribution in [3.05, 3.63) is 83.9 Å². The highest BCUT2D eigenvalue weighted by molar-refractivity contribution is 7.22. The summed E-state index contributed by atoms with van der Waals surface area (Å²) < 4.78 is 11.7. The van der Waals surface area contributed by atoms with E-state index in [4.69, 9.17) is 19.7 Å². The number of aryl methyl sites for hydroxylation is 1. The van der Waals surface area contributed by atoms with Gasteiger partial charge in [0.1, 0.15) is 6.07 Å². The summed E-state index contributed by atoms with van der Waals surface area (Å²) in [7, 11) is 1.53. The predicted octanol–water partition coefficient (Wildman–Crippen LogP) is 5.89. The summed E-state index contributed by atoms with van der Waals surface area (Å²) in [6, 6.07) is 22.8. The molecule has 0 aliphatic rings. The highest BCUT2D eigenvalue weighted by Crippen LogP contribution is 2.35. The molecule has 0 unspecified atom stereocenters. The van der Waals surface area contributed by atoms with E-state index in [9.17, 15) is 4.79 Å². The fourth-order valence-corrected chi connectivity index (χ4v) is 4.33. The van der Waals surface area contributed by atoms with Crippen LogP contribution in [0.1, 0.15) is 11.1 Å². The van der Waals surface area contributed by atoms with Gasteiger partial charge in [0.15, 0.2) is 23.2 Å². The molecule has 7 heteroatoms. The number of carbonyl (C=O) groups excluding carboxylic acids is 1. The van der Waals surface area contributed by atoms with E-state index in [-0.39, 0.29) is 12.5 Å². The molecule has 3 aromatic carbocycles. The molecule has 4 aromatic rings. The molecule has 33 heavy (non-hydrogen) atoms. The van der Waals surface area contributed by atoms with Crippen molar-refractivity contribution in [3.63, 3.8) is 0 Å². The number of fused-ring (bicyclic) bond motifs is 1. The summed E-state index contributed by atoms with van der Waals surface area (Å²) in [6.45, 7) is 1.90. The lowest BCUT2D eigenvalue weighted by Crippen LogP contribution is -2.24. The van der Waals surface area contributed by atoms with Crippen molar-refractivity contribution < 1.29 is 14.3 Å². The lowest BCUT2D eigenvalue weighted by molar-refractivity contribution is -0.113. The van der Waals surface area contributed by atoms with E-state index in [2.05, 4.69) is 0 Å². The van der Waals surface area contributed by atoms with E-state index in [1.165, 1.54) is 24.5 Å². The molecule has 0 fully saturated rings. The van der Waals surface area contributed by atoms with Crippen molar-refractivity contribution in [2.24, 2.45) is 0 Å². The van der Waals surface area contributed by atoms with E-state index in [0.29, 0.717) is 16.6 Å². The van der Waals surface area contributed by atoms with Crippen LogP contribution >= 0.6 is 11.3 Å². The van der Waals surface area contributed by atoms with Crippen molar-refractivity contribution >= 4 is 44.4 Å². The van der Waals surface area contributed by atoms with Crippen molar-refractivity contribution in [2.75, 3.05) is 18.6 Å². The Morgan fingerprint density at radius 3 is 2.67 bits per heavy atom. The zero-order chi connectivity index (χ0) is 23.2. The minimum absolute atomic E-state index is 0.0718. The molecule has 1 heterocycles. The molecule has 0 radical (unpaired) electrons. The number of rotatable bonds is 7. The smallest absolute Gasteiger partial charge is 0.257 e. The van der Waals surface area contributed by atoms with Gasteiger partial charge in [-0.05, 0) is 54.5 Å². The number of methoxy groups -OCH3 is 1. The Kier molecular flexibility index (Phi) is 6.67. The van der Waals surface area contributed by atoms with Gasteiger partial charge in [-0.2, -0.15) is 5.26 Å². The number of anilines is 2. The minimum atomic E-state index is -0.216. The number of hydrogen-bond acceptors (Lipinski definition) is 6. The summed E-state index contributed by atoms with van der Waals surface area (Å²) in [5.74, 6) is 0.743. The van der Waals surface area contributed by atoms with Crippen LogP contribution < -0.4 is 14.4 Å². The summed E-state index contributed by atoms with van der Waals surface area (Å²) in [4.78, 5) is 19.8. The molecule has 4 rings (SSSR count). The van der Waals surface area contributed by atoms with Gasteiger partial charge in [-0.15, -0.1) is 0 Å². The fourth-order valence-electron chi connectivity index (χ4n) is 3.35. The number of hydrogen-bond donors (Lipinski definition) is 0. The monoisotopic (exact) mass is 455 g/mol. The molecule has 0 saturated heterocycles. The first-order valence-electron chi connectivity index (χ1n) is 10.2. The van der Waals surface area contributed by atoms with Gasteiger partial charge in [-0.1, -0.05) is 47.7 Å². The van der Waals surface area contributed by atoms with Gasteiger partial charge >= 0.3 is 0 Å². The standard InChI is InChI=1S/C26H21N3O3S/c1-18-7-3-5-9-21(18)29(26-28-20-8-4-6-10-24(20)33-26)25(30)14-12-19-11-13-22(32-16-15-27)23(17-19)31-2/h3-14,17H,16H2,1-2H3/b14-12+. The maximum Gasteiger partial charge on any atom is 0.257 e. The van der Waals surface area contributed by atoms with E-state index in [1.807, 2.05) is 61.5 Å². The van der Waals surface area contributed by atoms with Crippen LogP contribution in [0.4, 0.5) is 10.8 Å². The number of nitrogens with zero attached hydrogens (tertiary/aromatic N) is 3. The molecular formula is C26H21N3O3S. The Bertz CT molecular complexity index is 1340. The largest absolute Gasteiger partial charge is 0.493 e. The summed E-state index contributed by atoms with van der Waals surface area (Å²) in [6.07, 6.45) is 3.24. The first-order chi connectivity index (χ1) is 16.1. The normalized spacial score (nSPS) is 10.8. The quantitative estimate of drug-likeness (QED) is 0.325. The van der Waals surface area contributed by atoms with Crippen LogP contribution in [-0.4, -0.2) is 24.6 Å². The molecule has 0 atom stereocenters. The second-order valence-electron chi connectivity index (χ2n) is 7.11. The molecule has 0 aliphatic carbocycles. The Morgan fingerprint density at radius 1 is 1.12 bits per heavy atom. The lowest BCUT2D eigenvalue weighted by Gasteiger charge is -2.20. The van der Waals surface area contributed by atoms with Crippen molar-refractivity contribution in [1.29, 1.82) is 5.26 Å². The molecular weight excluding hydrogens is 434 g/mol. The third-order valence-electron chi connectivity index (χ3n) is 4.95. The van der Waals surface area contributed by atoms with E-state index in [1.54, 1.807) is 29.2 Å². The molecule has 0 N–H and O–H groups in total. The number of benzene rings is 3. The number of para-hydroxylation sites is 2.